The average molecular weight is 273 g/mol. The summed E-state index contributed by atoms with van der Waals surface area (Å²) in [6.07, 6.45) is 0.977. The lowest BCUT2D eigenvalue weighted by molar-refractivity contribution is 0.0725. The second kappa shape index (κ2) is 4.73. The Bertz CT molecular complexity index is 93.6. The topological polar surface area (TPSA) is 19.9 Å². The number of alkyl halides is 2. The van der Waals surface area contributed by atoms with E-state index in [1.807, 2.05) is 13.8 Å². The monoisotopic (exact) mass is 271 g/mol. The SMILES string of the molecule is CCC([O])CC(C)(Br)CBr. The molecule has 0 aromatic heterocycles. The smallest absolute Gasteiger partial charge is 0.0941 e. The van der Waals surface area contributed by atoms with Crippen molar-refractivity contribution in [2.45, 2.75) is 37.1 Å². The number of halogens is 2. The molecule has 0 aliphatic carbocycles. The zero-order chi connectivity index (χ0) is 8.20. The van der Waals surface area contributed by atoms with Crippen molar-refractivity contribution in [3.05, 3.63) is 0 Å². The molecule has 0 aliphatic rings. The summed E-state index contributed by atoms with van der Waals surface area (Å²) in [6.45, 7) is 3.96. The Morgan fingerprint density at radius 1 is 1.60 bits per heavy atom. The lowest BCUT2D eigenvalue weighted by Gasteiger charge is -2.20. The van der Waals surface area contributed by atoms with Crippen LogP contribution in [0.1, 0.15) is 26.7 Å². The first-order valence-electron chi connectivity index (χ1n) is 3.42. The molecule has 1 nitrogen and oxygen atoms in total. The number of rotatable bonds is 4. The van der Waals surface area contributed by atoms with Crippen LogP contribution < -0.4 is 0 Å². The molecule has 0 bridgehead atoms. The van der Waals surface area contributed by atoms with Crippen LogP contribution in [0, 0.1) is 0 Å². The Hall–Kier alpha value is 0.920. The van der Waals surface area contributed by atoms with E-state index in [1.165, 1.54) is 0 Å². The van der Waals surface area contributed by atoms with Gasteiger partial charge >= 0.3 is 0 Å². The minimum Gasteiger partial charge on any atom is -0.233 e. The fourth-order valence-corrected chi connectivity index (χ4v) is 1.26. The van der Waals surface area contributed by atoms with Gasteiger partial charge in [0.05, 0.1) is 6.10 Å². The molecule has 0 rings (SSSR count). The van der Waals surface area contributed by atoms with E-state index in [0.717, 1.165) is 5.33 Å². The maximum Gasteiger partial charge on any atom is 0.0941 e. The highest BCUT2D eigenvalue weighted by Crippen LogP contribution is 2.26. The maximum atomic E-state index is 11.0. The Morgan fingerprint density at radius 3 is 2.40 bits per heavy atom. The summed E-state index contributed by atoms with van der Waals surface area (Å²) in [5, 5.41) is 11.9. The second-order valence-electron chi connectivity index (χ2n) is 2.78. The zero-order valence-corrected chi connectivity index (χ0v) is 9.53. The van der Waals surface area contributed by atoms with Crippen molar-refractivity contribution >= 4 is 31.9 Å². The van der Waals surface area contributed by atoms with E-state index in [2.05, 4.69) is 31.9 Å². The van der Waals surface area contributed by atoms with Crippen LogP contribution in [-0.4, -0.2) is 15.8 Å². The van der Waals surface area contributed by atoms with E-state index in [9.17, 15) is 5.11 Å². The largest absolute Gasteiger partial charge is 0.233 e. The van der Waals surface area contributed by atoms with E-state index >= 15 is 0 Å². The molecule has 1 radical (unpaired) electrons. The normalized spacial score (nSPS) is 20.1. The Labute approximate surface area is 79.5 Å². The molecule has 0 amide bonds. The zero-order valence-electron chi connectivity index (χ0n) is 6.36. The van der Waals surface area contributed by atoms with Crippen molar-refractivity contribution < 1.29 is 5.11 Å². The van der Waals surface area contributed by atoms with Crippen LogP contribution in [-0.2, 0) is 5.11 Å². The van der Waals surface area contributed by atoms with Crippen LogP contribution in [0.2, 0.25) is 0 Å². The average Bonchev–Trinajstić information content (AvgIpc) is 1.87. The fraction of sp³-hybridized carbons (Fsp3) is 1.00. The van der Waals surface area contributed by atoms with Crippen LogP contribution in [0.25, 0.3) is 0 Å². The van der Waals surface area contributed by atoms with Gasteiger partial charge in [-0.3, -0.25) is 0 Å². The molecule has 2 atom stereocenters. The van der Waals surface area contributed by atoms with Crippen LogP contribution in [0.15, 0.2) is 0 Å². The molecule has 0 aliphatic heterocycles. The Kier molecular flexibility index (Phi) is 5.16. The molecule has 0 fully saturated rings. The Balaban J connectivity index is 3.64. The van der Waals surface area contributed by atoms with Crippen LogP contribution in [0.4, 0.5) is 0 Å². The van der Waals surface area contributed by atoms with Gasteiger partial charge in [0, 0.05) is 9.65 Å². The van der Waals surface area contributed by atoms with Crippen LogP contribution >= 0.6 is 31.9 Å². The van der Waals surface area contributed by atoms with Crippen LogP contribution in [0.5, 0.6) is 0 Å². The van der Waals surface area contributed by atoms with E-state index in [-0.39, 0.29) is 4.32 Å². The van der Waals surface area contributed by atoms with Gasteiger partial charge in [-0.2, -0.15) is 0 Å². The van der Waals surface area contributed by atoms with Gasteiger partial charge in [0.1, 0.15) is 0 Å². The Morgan fingerprint density at radius 2 is 2.10 bits per heavy atom. The van der Waals surface area contributed by atoms with Crippen molar-refractivity contribution in [2.75, 3.05) is 5.33 Å². The van der Waals surface area contributed by atoms with Crippen molar-refractivity contribution in [1.29, 1.82) is 0 Å². The minimum absolute atomic E-state index is 0.0184. The molecular formula is C7H13Br2O. The van der Waals surface area contributed by atoms with Gasteiger partial charge in [0.2, 0.25) is 0 Å². The van der Waals surface area contributed by atoms with E-state index in [1.54, 1.807) is 0 Å². The molecule has 0 saturated heterocycles. The first-order chi connectivity index (χ1) is 4.52. The van der Waals surface area contributed by atoms with Crippen molar-refractivity contribution in [3.8, 4) is 0 Å². The molecule has 0 aromatic carbocycles. The van der Waals surface area contributed by atoms with Crippen molar-refractivity contribution in [1.82, 2.24) is 0 Å². The molecule has 0 heterocycles. The van der Waals surface area contributed by atoms with E-state index in [0.29, 0.717) is 12.8 Å². The number of hydrogen-bond donors (Lipinski definition) is 0. The summed E-state index contributed by atoms with van der Waals surface area (Å²) in [6, 6.07) is 0. The predicted octanol–water partition coefficient (Wildman–Crippen LogP) is 3.13. The van der Waals surface area contributed by atoms with Gasteiger partial charge < -0.3 is 0 Å². The van der Waals surface area contributed by atoms with Gasteiger partial charge in [0.15, 0.2) is 0 Å². The molecule has 10 heavy (non-hydrogen) atoms. The number of hydrogen-bond acceptors (Lipinski definition) is 0. The van der Waals surface area contributed by atoms with Crippen molar-refractivity contribution in [3.63, 3.8) is 0 Å². The summed E-state index contributed by atoms with van der Waals surface area (Å²) in [7, 11) is 0. The van der Waals surface area contributed by atoms with E-state index in [4.69, 9.17) is 0 Å². The quantitative estimate of drug-likeness (QED) is 0.701. The summed E-state index contributed by atoms with van der Waals surface area (Å²) in [5.74, 6) is 0. The standard InChI is InChI=1S/C7H13Br2O/c1-3-6(10)4-7(2,9)5-8/h6H,3-5H2,1-2H3. The third-order valence-electron chi connectivity index (χ3n) is 1.39. The summed E-state index contributed by atoms with van der Waals surface area (Å²) >= 11 is 6.82. The summed E-state index contributed by atoms with van der Waals surface area (Å²) in [4.78, 5) is 0. The molecule has 0 spiro atoms. The first kappa shape index (κ1) is 10.9. The fourth-order valence-electron chi connectivity index (χ4n) is 0.674. The van der Waals surface area contributed by atoms with Crippen molar-refractivity contribution in [2.24, 2.45) is 0 Å². The van der Waals surface area contributed by atoms with E-state index < -0.39 is 6.10 Å². The third kappa shape index (κ3) is 4.69. The van der Waals surface area contributed by atoms with Crippen LogP contribution in [0.3, 0.4) is 0 Å². The second-order valence-corrected chi connectivity index (χ2v) is 5.26. The maximum absolute atomic E-state index is 11.0. The summed E-state index contributed by atoms with van der Waals surface area (Å²) < 4.78 is -0.0184. The molecular weight excluding hydrogens is 260 g/mol. The molecule has 0 N–H and O–H groups in total. The molecule has 0 saturated carbocycles. The molecule has 0 aromatic rings. The highest BCUT2D eigenvalue weighted by atomic mass is 79.9. The summed E-state index contributed by atoms with van der Waals surface area (Å²) in [5.41, 5.74) is 0. The highest BCUT2D eigenvalue weighted by Gasteiger charge is 2.22. The van der Waals surface area contributed by atoms with Gasteiger partial charge in [-0.25, -0.2) is 5.11 Å². The molecule has 2 unspecified atom stereocenters. The minimum atomic E-state index is -0.429. The molecule has 3 heteroatoms. The first-order valence-corrected chi connectivity index (χ1v) is 5.34. The lowest BCUT2D eigenvalue weighted by atomic mass is 10.0. The van der Waals surface area contributed by atoms with Gasteiger partial charge in [-0.15, -0.1) is 0 Å². The predicted molar refractivity (Wildman–Crippen MR) is 50.5 cm³/mol. The van der Waals surface area contributed by atoms with Gasteiger partial charge in [-0.05, 0) is 19.8 Å². The highest BCUT2D eigenvalue weighted by molar-refractivity contribution is 9.12. The van der Waals surface area contributed by atoms with Gasteiger partial charge in [0.25, 0.3) is 0 Å². The third-order valence-corrected chi connectivity index (χ3v) is 3.98. The molecule has 61 valence electrons. The van der Waals surface area contributed by atoms with Gasteiger partial charge in [-0.1, -0.05) is 38.8 Å². The lowest BCUT2D eigenvalue weighted by Crippen LogP contribution is -2.23.